The Bertz CT molecular complexity index is 458. The smallest absolute Gasteiger partial charge is 0.251 e. The lowest BCUT2D eigenvalue weighted by atomic mass is 9.95. The van der Waals surface area contributed by atoms with E-state index in [1.54, 1.807) is 0 Å². The normalized spacial score (nSPS) is 18.2. The van der Waals surface area contributed by atoms with Crippen LogP contribution in [0.5, 0.6) is 0 Å². The Hall–Kier alpha value is -0.830. The van der Waals surface area contributed by atoms with Gasteiger partial charge in [0.05, 0.1) is 0 Å². The van der Waals surface area contributed by atoms with Crippen molar-refractivity contribution >= 4 is 21.8 Å². The maximum Gasteiger partial charge on any atom is 0.251 e. The number of hydrogen-bond donors (Lipinski definition) is 1. The largest absolute Gasteiger partial charge is 0.352 e. The highest BCUT2D eigenvalue weighted by Crippen LogP contribution is 2.32. The molecule has 0 spiro atoms. The van der Waals surface area contributed by atoms with Gasteiger partial charge < -0.3 is 5.32 Å². The van der Waals surface area contributed by atoms with Gasteiger partial charge in [-0.05, 0) is 42.4 Å². The van der Waals surface area contributed by atoms with Crippen molar-refractivity contribution in [2.75, 3.05) is 6.54 Å². The first-order valence-corrected chi connectivity index (χ1v) is 8.08. The molecule has 1 aliphatic rings. The fourth-order valence-electron chi connectivity index (χ4n) is 2.45. The molecule has 1 aromatic rings. The summed E-state index contributed by atoms with van der Waals surface area (Å²) in [5.41, 5.74) is 3.27. The van der Waals surface area contributed by atoms with Crippen LogP contribution in [-0.4, -0.2) is 12.5 Å². The number of hydrogen-bond acceptors (Lipinski definition) is 1. The summed E-state index contributed by atoms with van der Waals surface area (Å²) >= 11 is 3.76. The minimum absolute atomic E-state index is 0.0811. The molecule has 2 atom stereocenters. The van der Waals surface area contributed by atoms with E-state index in [4.69, 9.17) is 0 Å². The SMILES string of the molecule is CCC(C)CC(Br)c1ccc2c(c1)C(=O)NCCC2. The van der Waals surface area contributed by atoms with Crippen LogP contribution in [0.2, 0.25) is 0 Å². The van der Waals surface area contributed by atoms with Crippen LogP contribution >= 0.6 is 15.9 Å². The Balaban J connectivity index is 2.22. The van der Waals surface area contributed by atoms with Gasteiger partial charge in [0.2, 0.25) is 0 Å². The van der Waals surface area contributed by atoms with Crippen LogP contribution < -0.4 is 5.32 Å². The molecule has 0 aliphatic carbocycles. The second-order valence-electron chi connectivity index (χ2n) is 5.49. The topological polar surface area (TPSA) is 29.1 Å². The second-order valence-corrected chi connectivity index (χ2v) is 6.60. The first-order valence-electron chi connectivity index (χ1n) is 7.17. The zero-order chi connectivity index (χ0) is 13.8. The molecule has 1 amide bonds. The first kappa shape index (κ1) is 14.6. The Labute approximate surface area is 124 Å². The van der Waals surface area contributed by atoms with E-state index < -0.39 is 0 Å². The number of carbonyl (C=O) groups excluding carboxylic acids is 1. The van der Waals surface area contributed by atoms with Crippen LogP contribution in [0.3, 0.4) is 0 Å². The van der Waals surface area contributed by atoms with Gasteiger partial charge in [0.15, 0.2) is 0 Å². The van der Waals surface area contributed by atoms with Crippen molar-refractivity contribution in [2.45, 2.75) is 44.4 Å². The summed E-state index contributed by atoms with van der Waals surface area (Å²) < 4.78 is 0. The number of amides is 1. The van der Waals surface area contributed by atoms with E-state index in [-0.39, 0.29) is 5.91 Å². The molecule has 0 radical (unpaired) electrons. The molecule has 104 valence electrons. The monoisotopic (exact) mass is 323 g/mol. The van der Waals surface area contributed by atoms with E-state index >= 15 is 0 Å². The molecule has 1 heterocycles. The van der Waals surface area contributed by atoms with Crippen molar-refractivity contribution in [3.05, 3.63) is 34.9 Å². The highest BCUT2D eigenvalue weighted by Gasteiger charge is 2.18. The zero-order valence-electron chi connectivity index (χ0n) is 11.7. The molecule has 1 aromatic carbocycles. The number of alkyl halides is 1. The first-order chi connectivity index (χ1) is 9.11. The quantitative estimate of drug-likeness (QED) is 0.825. The van der Waals surface area contributed by atoms with E-state index in [9.17, 15) is 4.79 Å². The van der Waals surface area contributed by atoms with Crippen LogP contribution in [0.25, 0.3) is 0 Å². The maximum absolute atomic E-state index is 12.0. The molecule has 2 rings (SSSR count). The third-order valence-corrected chi connectivity index (χ3v) is 4.86. The van der Waals surface area contributed by atoms with Crippen LogP contribution in [0.1, 0.15) is 59.4 Å². The minimum Gasteiger partial charge on any atom is -0.352 e. The van der Waals surface area contributed by atoms with Gasteiger partial charge in [-0.1, -0.05) is 48.3 Å². The summed E-state index contributed by atoms with van der Waals surface area (Å²) in [7, 11) is 0. The molecular formula is C16H22BrNO. The molecule has 0 aromatic heterocycles. The molecule has 0 saturated carbocycles. The van der Waals surface area contributed by atoms with Gasteiger partial charge in [0.25, 0.3) is 5.91 Å². The maximum atomic E-state index is 12.0. The van der Waals surface area contributed by atoms with Gasteiger partial charge in [0.1, 0.15) is 0 Å². The van der Waals surface area contributed by atoms with Crippen molar-refractivity contribution in [2.24, 2.45) is 5.92 Å². The van der Waals surface area contributed by atoms with Gasteiger partial charge >= 0.3 is 0 Å². The van der Waals surface area contributed by atoms with Crippen LogP contribution in [-0.2, 0) is 6.42 Å². The van der Waals surface area contributed by atoms with Gasteiger partial charge in [0, 0.05) is 16.9 Å². The number of rotatable bonds is 4. The van der Waals surface area contributed by atoms with Crippen molar-refractivity contribution in [1.82, 2.24) is 5.32 Å². The Kier molecular flexibility index (Phi) is 5.03. The van der Waals surface area contributed by atoms with E-state index in [2.05, 4.69) is 53.3 Å². The lowest BCUT2D eigenvalue weighted by molar-refractivity contribution is 0.0956. The summed E-state index contributed by atoms with van der Waals surface area (Å²) in [5, 5.41) is 2.96. The van der Waals surface area contributed by atoms with E-state index in [1.165, 1.54) is 17.5 Å². The van der Waals surface area contributed by atoms with Gasteiger partial charge in [-0.2, -0.15) is 0 Å². The van der Waals surface area contributed by atoms with Gasteiger partial charge in [-0.15, -0.1) is 0 Å². The third kappa shape index (κ3) is 3.59. The second kappa shape index (κ2) is 6.56. The number of aryl methyl sites for hydroxylation is 1. The van der Waals surface area contributed by atoms with Crippen molar-refractivity contribution in [3.8, 4) is 0 Å². The van der Waals surface area contributed by atoms with Crippen molar-refractivity contribution < 1.29 is 4.79 Å². The molecule has 0 fully saturated rings. The van der Waals surface area contributed by atoms with Crippen LogP contribution in [0, 0.1) is 5.92 Å². The number of halogens is 1. The van der Waals surface area contributed by atoms with Crippen LogP contribution in [0.15, 0.2) is 18.2 Å². The summed E-state index contributed by atoms with van der Waals surface area (Å²) in [6, 6.07) is 6.36. The Morgan fingerprint density at radius 2 is 2.21 bits per heavy atom. The number of nitrogens with one attached hydrogen (secondary N) is 1. The minimum atomic E-state index is 0.0811. The lowest BCUT2D eigenvalue weighted by Crippen LogP contribution is -2.22. The summed E-state index contributed by atoms with van der Waals surface area (Å²) in [5.74, 6) is 0.773. The molecule has 3 heteroatoms. The number of fused-ring (bicyclic) bond motifs is 1. The highest BCUT2D eigenvalue weighted by atomic mass is 79.9. The molecular weight excluding hydrogens is 302 g/mol. The predicted molar refractivity (Wildman–Crippen MR) is 82.8 cm³/mol. The fraction of sp³-hybridized carbons (Fsp3) is 0.562. The molecule has 2 unspecified atom stereocenters. The molecule has 0 saturated heterocycles. The molecule has 19 heavy (non-hydrogen) atoms. The molecule has 1 aliphatic heterocycles. The summed E-state index contributed by atoms with van der Waals surface area (Å²) in [4.78, 5) is 12.4. The predicted octanol–water partition coefficient (Wildman–Crippen LogP) is 4.23. The van der Waals surface area contributed by atoms with E-state index in [0.717, 1.165) is 31.4 Å². The van der Waals surface area contributed by atoms with Crippen molar-refractivity contribution in [3.63, 3.8) is 0 Å². The number of benzene rings is 1. The Morgan fingerprint density at radius 1 is 1.42 bits per heavy atom. The fourth-order valence-corrected chi connectivity index (χ4v) is 3.37. The molecule has 2 nitrogen and oxygen atoms in total. The average Bonchev–Trinajstić information content (AvgIpc) is 2.60. The summed E-state index contributed by atoms with van der Waals surface area (Å²) in [6.07, 6.45) is 4.32. The zero-order valence-corrected chi connectivity index (χ0v) is 13.3. The Morgan fingerprint density at radius 3 is 2.95 bits per heavy atom. The van der Waals surface area contributed by atoms with Crippen molar-refractivity contribution in [1.29, 1.82) is 0 Å². The van der Waals surface area contributed by atoms with Gasteiger partial charge in [-0.25, -0.2) is 0 Å². The third-order valence-electron chi connectivity index (χ3n) is 3.95. The molecule has 0 bridgehead atoms. The van der Waals surface area contributed by atoms with Crippen LogP contribution in [0.4, 0.5) is 0 Å². The van der Waals surface area contributed by atoms with E-state index in [1.807, 2.05) is 0 Å². The highest BCUT2D eigenvalue weighted by molar-refractivity contribution is 9.09. The average molecular weight is 324 g/mol. The molecule has 1 N–H and O–H groups in total. The lowest BCUT2D eigenvalue weighted by Gasteiger charge is -2.16. The number of carbonyl (C=O) groups is 1. The standard InChI is InChI=1S/C16H22BrNO/c1-3-11(2)9-15(17)13-7-6-12-5-4-8-18-16(19)14(12)10-13/h6-7,10-11,15H,3-5,8-9H2,1-2H3,(H,18,19). The van der Waals surface area contributed by atoms with E-state index in [0.29, 0.717) is 10.7 Å². The summed E-state index contributed by atoms with van der Waals surface area (Å²) in [6.45, 7) is 5.27. The van der Waals surface area contributed by atoms with Gasteiger partial charge in [-0.3, -0.25) is 4.79 Å².